The molecule has 0 unspecified atom stereocenters. The Morgan fingerprint density at radius 1 is 0.679 bits per heavy atom. The molecule has 12 nitrogen and oxygen atoms in total. The van der Waals surface area contributed by atoms with E-state index in [9.17, 15) is 19.2 Å². The molecule has 2 aromatic carbocycles. The molecule has 2 saturated heterocycles. The molecule has 12 heteroatoms. The third-order valence-electron chi connectivity index (χ3n) is 11.9. The summed E-state index contributed by atoms with van der Waals surface area (Å²) >= 11 is 0. The van der Waals surface area contributed by atoms with Crippen LogP contribution in [0.5, 0.6) is 0 Å². The zero-order valence-electron chi connectivity index (χ0n) is 34.0. The number of methoxy groups -OCH3 is 2. The van der Waals surface area contributed by atoms with E-state index in [0.29, 0.717) is 0 Å². The maximum absolute atomic E-state index is 14.0. The van der Waals surface area contributed by atoms with Crippen molar-refractivity contribution in [3.63, 3.8) is 0 Å². The molecule has 0 aliphatic carbocycles. The van der Waals surface area contributed by atoms with Gasteiger partial charge in [-0.25, -0.2) is 9.97 Å². The number of esters is 2. The lowest BCUT2D eigenvalue weighted by molar-refractivity contribution is -0.149. The lowest BCUT2D eigenvalue weighted by Crippen LogP contribution is -2.43. The molecule has 2 fully saturated rings. The van der Waals surface area contributed by atoms with Crippen molar-refractivity contribution in [1.82, 2.24) is 29.7 Å². The van der Waals surface area contributed by atoms with E-state index in [0.717, 1.165) is 83.4 Å². The van der Waals surface area contributed by atoms with Gasteiger partial charge in [-0.05, 0) is 86.8 Å². The Morgan fingerprint density at radius 3 is 1.41 bits per heavy atom. The molecule has 2 N–H and O–H groups in total. The molecular formula is C44H56N6O6. The first kappa shape index (κ1) is 40.5. The molecule has 2 amide bonds. The Kier molecular flexibility index (Phi) is 12.5. The number of aromatic nitrogens is 4. The Morgan fingerprint density at radius 2 is 1.07 bits per heavy atom. The summed E-state index contributed by atoms with van der Waals surface area (Å²) in [6.45, 7) is 12.1. The summed E-state index contributed by atoms with van der Waals surface area (Å²) in [4.78, 5) is 73.2. The van der Waals surface area contributed by atoms with Gasteiger partial charge in [0.1, 0.15) is 11.6 Å². The molecule has 0 spiro atoms. The fourth-order valence-corrected chi connectivity index (χ4v) is 8.57. The summed E-state index contributed by atoms with van der Waals surface area (Å²) in [6, 6.07) is 11.5. The number of hydrogen-bond acceptors (Lipinski definition) is 8. The van der Waals surface area contributed by atoms with Crippen LogP contribution >= 0.6 is 0 Å². The first-order chi connectivity index (χ1) is 26.9. The normalized spacial score (nSPS) is 20.8. The lowest BCUT2D eigenvalue weighted by atomic mass is 9.90. The molecule has 4 aromatic rings. The van der Waals surface area contributed by atoms with E-state index in [1.807, 2.05) is 73.9 Å². The number of carbonyl (C=O) groups is 4. The van der Waals surface area contributed by atoms with Crippen molar-refractivity contribution in [2.45, 2.75) is 117 Å². The molecule has 6 atom stereocenters. The number of likely N-dealkylation sites (tertiary alicyclic amines) is 2. The van der Waals surface area contributed by atoms with Gasteiger partial charge in [0.2, 0.25) is 11.8 Å². The zero-order valence-corrected chi connectivity index (χ0v) is 34.0. The SMILES string of the molecule is CC[C@@H]1CC[C@@H](c2nc3ccc(C#Cc4ccc5nc([C@@H]6CC[C@@H](CC)N6C(=O)[C@@H](CC(=O)OC)C(C)C)[nH]c5c4)cc3[nH]2)N1C(=O)[C@@H](CC(=O)OC)C(C)C. The minimum absolute atomic E-state index is 0.0156. The van der Waals surface area contributed by atoms with Crippen LogP contribution in [0.3, 0.4) is 0 Å². The van der Waals surface area contributed by atoms with Crippen LogP contribution in [0, 0.1) is 35.5 Å². The number of imidazole rings is 2. The number of H-pyrrole nitrogens is 2. The van der Waals surface area contributed by atoms with Crippen LogP contribution in [0.25, 0.3) is 22.1 Å². The highest BCUT2D eigenvalue weighted by Crippen LogP contribution is 2.41. The van der Waals surface area contributed by atoms with Crippen molar-refractivity contribution >= 4 is 45.8 Å². The zero-order chi connectivity index (χ0) is 40.3. The number of rotatable bonds is 12. The van der Waals surface area contributed by atoms with Gasteiger partial charge in [-0.15, -0.1) is 0 Å². The molecule has 298 valence electrons. The Hall–Kier alpha value is -5.18. The largest absolute Gasteiger partial charge is 0.469 e. The third-order valence-corrected chi connectivity index (χ3v) is 11.9. The standard InChI is InChI=1S/C44H56N6O6/c1-9-29-15-19-37(49(29)43(53)31(25(3)4)23-39(51)55-7)41-45-33-17-13-27(21-35(33)47-41)11-12-28-14-18-34-36(22-28)48-42(46-34)38-20-16-30(10-2)50(38)44(54)32(26(5)6)24-40(52)56-8/h13-14,17-18,21-22,25-26,29-32,37-38H,9-10,15-16,19-20,23-24H2,1-8H3,(H,45,47)(H,46,48)/t29-,30-,31+,32+,37+,38+/m1/s1. The molecular weight excluding hydrogens is 709 g/mol. The predicted molar refractivity (Wildman–Crippen MR) is 214 cm³/mol. The Labute approximate surface area is 329 Å². The van der Waals surface area contributed by atoms with Crippen molar-refractivity contribution in [1.29, 1.82) is 0 Å². The molecule has 2 aliphatic heterocycles. The number of benzene rings is 2. The van der Waals surface area contributed by atoms with Crippen LogP contribution in [-0.2, 0) is 28.7 Å². The van der Waals surface area contributed by atoms with Crippen molar-refractivity contribution in [3.05, 3.63) is 59.2 Å². The van der Waals surface area contributed by atoms with E-state index >= 15 is 0 Å². The van der Waals surface area contributed by atoms with E-state index in [4.69, 9.17) is 19.4 Å². The van der Waals surface area contributed by atoms with Gasteiger partial charge in [0.05, 0.1) is 73.0 Å². The average molecular weight is 765 g/mol. The number of nitrogens with zero attached hydrogens (tertiary/aromatic N) is 4. The lowest BCUT2D eigenvalue weighted by Gasteiger charge is -2.33. The fourth-order valence-electron chi connectivity index (χ4n) is 8.57. The van der Waals surface area contributed by atoms with Gasteiger partial charge in [0, 0.05) is 23.2 Å². The number of hydrogen-bond donors (Lipinski definition) is 2. The number of aromatic amines is 2. The smallest absolute Gasteiger partial charge is 0.306 e. The molecule has 56 heavy (non-hydrogen) atoms. The maximum Gasteiger partial charge on any atom is 0.306 e. The van der Waals surface area contributed by atoms with E-state index in [2.05, 4.69) is 35.7 Å². The first-order valence-corrected chi connectivity index (χ1v) is 20.2. The van der Waals surface area contributed by atoms with Crippen LogP contribution < -0.4 is 0 Å². The van der Waals surface area contributed by atoms with E-state index < -0.39 is 11.8 Å². The Balaban J connectivity index is 1.22. The van der Waals surface area contributed by atoms with E-state index in [-0.39, 0.29) is 72.6 Å². The highest BCUT2D eigenvalue weighted by molar-refractivity contribution is 5.86. The second-order valence-electron chi connectivity index (χ2n) is 16.0. The summed E-state index contributed by atoms with van der Waals surface area (Å²) in [5.74, 6) is 6.32. The van der Waals surface area contributed by atoms with Crippen LogP contribution in [0.15, 0.2) is 36.4 Å². The quantitative estimate of drug-likeness (QED) is 0.112. The summed E-state index contributed by atoms with van der Waals surface area (Å²) in [7, 11) is 2.71. The summed E-state index contributed by atoms with van der Waals surface area (Å²) in [5, 5.41) is 0. The maximum atomic E-state index is 14.0. The average Bonchev–Trinajstić information content (AvgIpc) is 4.00. The minimum atomic E-state index is -0.465. The van der Waals surface area contributed by atoms with Crippen LogP contribution in [0.2, 0.25) is 0 Å². The van der Waals surface area contributed by atoms with Crippen LogP contribution in [0.1, 0.15) is 128 Å². The topological polar surface area (TPSA) is 151 Å². The van der Waals surface area contributed by atoms with Crippen molar-refractivity contribution in [3.8, 4) is 11.8 Å². The van der Waals surface area contributed by atoms with E-state index in [1.165, 1.54) is 14.2 Å². The highest BCUT2D eigenvalue weighted by Gasteiger charge is 2.43. The first-order valence-electron chi connectivity index (χ1n) is 20.2. The molecule has 0 saturated carbocycles. The molecule has 4 heterocycles. The summed E-state index contributed by atoms with van der Waals surface area (Å²) in [6.07, 6.45) is 5.09. The van der Waals surface area contributed by atoms with Crippen molar-refractivity contribution in [2.24, 2.45) is 23.7 Å². The number of carbonyl (C=O) groups excluding carboxylic acids is 4. The number of amides is 2. The van der Waals surface area contributed by atoms with Gasteiger partial charge in [0.15, 0.2) is 0 Å². The minimum Gasteiger partial charge on any atom is -0.469 e. The Bertz CT molecular complexity index is 1990. The molecule has 6 rings (SSSR count). The molecule has 2 aliphatic rings. The van der Waals surface area contributed by atoms with Crippen molar-refractivity contribution in [2.75, 3.05) is 14.2 Å². The van der Waals surface area contributed by atoms with E-state index in [1.54, 1.807) is 0 Å². The van der Waals surface area contributed by atoms with Gasteiger partial charge in [-0.1, -0.05) is 53.4 Å². The second-order valence-corrected chi connectivity index (χ2v) is 16.0. The van der Waals surface area contributed by atoms with Crippen LogP contribution in [0.4, 0.5) is 0 Å². The van der Waals surface area contributed by atoms with Gasteiger partial charge >= 0.3 is 11.9 Å². The van der Waals surface area contributed by atoms with Crippen LogP contribution in [-0.4, -0.2) is 79.8 Å². The molecule has 2 aromatic heterocycles. The monoisotopic (exact) mass is 764 g/mol. The fraction of sp³-hybridized carbons (Fsp3) is 0.545. The number of nitrogens with one attached hydrogen (secondary N) is 2. The highest BCUT2D eigenvalue weighted by atomic mass is 16.5. The summed E-state index contributed by atoms with van der Waals surface area (Å²) in [5.41, 5.74) is 4.92. The van der Waals surface area contributed by atoms with Gasteiger partial charge < -0.3 is 29.2 Å². The number of ether oxygens (including phenoxy) is 2. The third kappa shape index (κ3) is 8.32. The molecule has 0 radical (unpaired) electrons. The number of fused-ring (bicyclic) bond motifs is 2. The van der Waals surface area contributed by atoms with Crippen molar-refractivity contribution < 1.29 is 28.7 Å². The molecule has 0 bridgehead atoms. The van der Waals surface area contributed by atoms with Gasteiger partial charge in [-0.2, -0.15) is 0 Å². The second kappa shape index (κ2) is 17.3. The van der Waals surface area contributed by atoms with Gasteiger partial charge in [-0.3, -0.25) is 19.2 Å². The summed E-state index contributed by atoms with van der Waals surface area (Å²) < 4.78 is 9.84. The van der Waals surface area contributed by atoms with Gasteiger partial charge in [0.25, 0.3) is 0 Å². The predicted octanol–water partition coefficient (Wildman–Crippen LogP) is 7.39.